The summed E-state index contributed by atoms with van der Waals surface area (Å²) in [5, 5.41) is 8.97. The van der Waals surface area contributed by atoms with E-state index in [9.17, 15) is 14.0 Å². The van der Waals surface area contributed by atoms with Crippen molar-refractivity contribution in [3.63, 3.8) is 0 Å². The lowest BCUT2D eigenvalue weighted by Gasteiger charge is -2.57. The maximum Gasteiger partial charge on any atom is 0.343 e. The van der Waals surface area contributed by atoms with Gasteiger partial charge in [-0.05, 0) is 98.9 Å². The summed E-state index contributed by atoms with van der Waals surface area (Å²) in [7, 11) is 0. The van der Waals surface area contributed by atoms with Gasteiger partial charge in [-0.15, -0.1) is 0 Å². The Labute approximate surface area is 186 Å². The number of rotatable bonds is 6. The van der Waals surface area contributed by atoms with Crippen LogP contribution in [0.1, 0.15) is 71.7 Å². The fourth-order valence-corrected chi connectivity index (χ4v) is 6.69. The first-order chi connectivity index (χ1) is 15.4. The SMILES string of the molecule is CCOc1ccc(C(=O)Oc2ccc(C(=O)O)c(F)c2)cc1C12CC3CC(CC(C3)C1)C2. The first kappa shape index (κ1) is 21.0. The molecule has 6 heteroatoms. The number of aromatic carboxylic acids is 1. The number of carbonyl (C=O) groups is 2. The minimum atomic E-state index is -1.37. The molecule has 0 aliphatic heterocycles. The number of hydrogen-bond donors (Lipinski definition) is 1. The second kappa shape index (κ2) is 7.91. The second-order valence-electron chi connectivity index (χ2n) is 9.68. The number of benzene rings is 2. The van der Waals surface area contributed by atoms with Gasteiger partial charge in [-0.2, -0.15) is 0 Å². The van der Waals surface area contributed by atoms with Gasteiger partial charge in [0.2, 0.25) is 0 Å². The molecule has 0 radical (unpaired) electrons. The van der Waals surface area contributed by atoms with E-state index in [1.165, 1.54) is 25.3 Å². The summed E-state index contributed by atoms with van der Waals surface area (Å²) in [5.41, 5.74) is 1.07. The summed E-state index contributed by atoms with van der Waals surface area (Å²) in [6, 6.07) is 8.75. The third-order valence-corrected chi connectivity index (χ3v) is 7.51. The number of carbonyl (C=O) groups excluding carboxylic acids is 1. The molecule has 1 N–H and O–H groups in total. The Kier molecular flexibility index (Phi) is 5.19. The maximum atomic E-state index is 14.0. The van der Waals surface area contributed by atoms with Crippen LogP contribution < -0.4 is 9.47 Å². The van der Waals surface area contributed by atoms with E-state index in [0.717, 1.165) is 60.5 Å². The average molecular weight is 438 g/mol. The van der Waals surface area contributed by atoms with Crippen molar-refractivity contribution in [1.82, 2.24) is 0 Å². The van der Waals surface area contributed by atoms with Crippen molar-refractivity contribution < 1.29 is 28.6 Å². The van der Waals surface area contributed by atoms with Crippen molar-refractivity contribution in [2.45, 2.75) is 50.9 Å². The number of carboxylic acid groups (broad SMARTS) is 1. The highest BCUT2D eigenvalue weighted by Crippen LogP contribution is 2.62. The molecule has 0 saturated heterocycles. The highest BCUT2D eigenvalue weighted by molar-refractivity contribution is 5.92. The fourth-order valence-electron chi connectivity index (χ4n) is 6.69. The molecule has 5 nitrogen and oxygen atoms in total. The van der Waals surface area contributed by atoms with E-state index in [-0.39, 0.29) is 11.2 Å². The molecule has 32 heavy (non-hydrogen) atoms. The van der Waals surface area contributed by atoms with E-state index in [1.54, 1.807) is 6.07 Å². The summed E-state index contributed by atoms with van der Waals surface area (Å²) < 4.78 is 25.3. The van der Waals surface area contributed by atoms with Crippen LogP contribution in [-0.4, -0.2) is 23.7 Å². The zero-order valence-electron chi connectivity index (χ0n) is 18.1. The van der Waals surface area contributed by atoms with Gasteiger partial charge < -0.3 is 14.6 Å². The van der Waals surface area contributed by atoms with Crippen LogP contribution in [0, 0.1) is 23.6 Å². The third-order valence-electron chi connectivity index (χ3n) is 7.51. The van der Waals surface area contributed by atoms with Crippen LogP contribution in [0.25, 0.3) is 0 Å². The van der Waals surface area contributed by atoms with Gasteiger partial charge in [0, 0.05) is 11.6 Å². The Hall–Kier alpha value is -2.89. The Morgan fingerprint density at radius 2 is 1.69 bits per heavy atom. The summed E-state index contributed by atoms with van der Waals surface area (Å²) in [6.07, 6.45) is 7.38. The largest absolute Gasteiger partial charge is 0.494 e. The summed E-state index contributed by atoms with van der Waals surface area (Å²) in [4.78, 5) is 23.9. The second-order valence-corrected chi connectivity index (χ2v) is 9.68. The topological polar surface area (TPSA) is 72.8 Å². The molecule has 4 aliphatic carbocycles. The van der Waals surface area contributed by atoms with Crippen LogP contribution >= 0.6 is 0 Å². The quantitative estimate of drug-likeness (QED) is 0.469. The third kappa shape index (κ3) is 3.65. The van der Waals surface area contributed by atoms with E-state index in [4.69, 9.17) is 14.6 Å². The molecule has 4 fully saturated rings. The molecule has 4 saturated carbocycles. The van der Waals surface area contributed by atoms with Gasteiger partial charge in [0.25, 0.3) is 0 Å². The van der Waals surface area contributed by atoms with Gasteiger partial charge >= 0.3 is 11.9 Å². The zero-order valence-corrected chi connectivity index (χ0v) is 18.1. The van der Waals surface area contributed by atoms with Crippen LogP contribution in [0.4, 0.5) is 4.39 Å². The molecule has 0 aromatic heterocycles. The van der Waals surface area contributed by atoms with Gasteiger partial charge in [-0.1, -0.05) is 0 Å². The first-order valence-electron chi connectivity index (χ1n) is 11.4. The van der Waals surface area contributed by atoms with Crippen LogP contribution in [0.3, 0.4) is 0 Å². The van der Waals surface area contributed by atoms with Crippen LogP contribution in [-0.2, 0) is 5.41 Å². The highest BCUT2D eigenvalue weighted by atomic mass is 19.1. The molecule has 168 valence electrons. The minimum absolute atomic E-state index is 0.0252. The molecule has 0 spiro atoms. The molecular formula is C26H27FO5. The average Bonchev–Trinajstić information content (AvgIpc) is 2.73. The van der Waals surface area contributed by atoms with E-state index in [2.05, 4.69) is 0 Å². The Morgan fingerprint density at radius 3 is 2.25 bits per heavy atom. The summed E-state index contributed by atoms with van der Waals surface area (Å²) in [5.74, 6) is 0.161. The number of carboxylic acids is 1. The van der Waals surface area contributed by atoms with Crippen LogP contribution in [0.15, 0.2) is 36.4 Å². The monoisotopic (exact) mass is 438 g/mol. The van der Waals surface area contributed by atoms with E-state index in [1.807, 2.05) is 19.1 Å². The zero-order chi connectivity index (χ0) is 22.5. The molecular weight excluding hydrogens is 411 g/mol. The molecule has 4 bridgehead atoms. The first-order valence-corrected chi connectivity index (χ1v) is 11.4. The van der Waals surface area contributed by atoms with Crippen molar-refractivity contribution in [2.75, 3.05) is 6.61 Å². The summed E-state index contributed by atoms with van der Waals surface area (Å²) in [6.45, 7) is 2.51. The minimum Gasteiger partial charge on any atom is -0.494 e. The van der Waals surface area contributed by atoms with Crippen LogP contribution in [0.2, 0.25) is 0 Å². The normalized spacial score (nSPS) is 27.9. The van der Waals surface area contributed by atoms with E-state index in [0.29, 0.717) is 12.2 Å². The molecule has 2 aromatic rings. The van der Waals surface area contributed by atoms with Crippen molar-refractivity contribution in [1.29, 1.82) is 0 Å². The van der Waals surface area contributed by atoms with Gasteiger partial charge in [0.15, 0.2) is 0 Å². The molecule has 4 aliphatic rings. The standard InChI is InChI=1S/C26H27FO5/c1-2-31-23-6-3-18(25(30)32-19-4-5-20(24(28)29)22(27)11-19)10-21(23)26-12-15-7-16(13-26)9-17(8-15)14-26/h3-6,10-11,15-17H,2,7-9,12-14H2,1H3,(H,28,29). The number of halogens is 1. The fraction of sp³-hybridized carbons (Fsp3) is 0.462. The summed E-state index contributed by atoms with van der Waals surface area (Å²) >= 11 is 0. The lowest BCUT2D eigenvalue weighted by Crippen LogP contribution is -2.48. The molecule has 0 atom stereocenters. The van der Waals surface area contributed by atoms with Crippen molar-refractivity contribution in [2.24, 2.45) is 17.8 Å². The predicted molar refractivity (Wildman–Crippen MR) is 116 cm³/mol. The molecule has 2 aromatic carbocycles. The number of hydrogen-bond acceptors (Lipinski definition) is 4. The number of ether oxygens (including phenoxy) is 2. The van der Waals surface area contributed by atoms with Gasteiger partial charge in [-0.25, -0.2) is 14.0 Å². The maximum absolute atomic E-state index is 14.0. The van der Waals surface area contributed by atoms with E-state index >= 15 is 0 Å². The Morgan fingerprint density at radius 1 is 1.03 bits per heavy atom. The predicted octanol–water partition coefficient (Wildman–Crippen LogP) is 5.61. The van der Waals surface area contributed by atoms with Crippen molar-refractivity contribution >= 4 is 11.9 Å². The van der Waals surface area contributed by atoms with Crippen molar-refractivity contribution in [3.05, 3.63) is 58.9 Å². The molecule has 6 rings (SSSR count). The molecule has 0 amide bonds. The molecule has 0 heterocycles. The highest BCUT2D eigenvalue weighted by Gasteiger charge is 2.52. The smallest absolute Gasteiger partial charge is 0.343 e. The molecule has 0 unspecified atom stereocenters. The van der Waals surface area contributed by atoms with Gasteiger partial charge in [0.1, 0.15) is 17.3 Å². The van der Waals surface area contributed by atoms with Crippen LogP contribution in [0.5, 0.6) is 11.5 Å². The number of esters is 1. The lowest BCUT2D eigenvalue weighted by molar-refractivity contribution is -0.00636. The Bertz CT molecular complexity index is 1040. The van der Waals surface area contributed by atoms with Gasteiger partial charge in [0.05, 0.1) is 17.7 Å². The lowest BCUT2D eigenvalue weighted by atomic mass is 9.48. The van der Waals surface area contributed by atoms with Gasteiger partial charge in [-0.3, -0.25) is 0 Å². The van der Waals surface area contributed by atoms with Crippen molar-refractivity contribution in [3.8, 4) is 11.5 Å². The Balaban J connectivity index is 1.45. The van der Waals surface area contributed by atoms with E-state index < -0.39 is 23.3 Å².